The Kier molecular flexibility index (Phi) is 5.49. The van der Waals surface area contributed by atoms with Crippen molar-refractivity contribution in [1.29, 1.82) is 0 Å². The third kappa shape index (κ3) is 3.70. The van der Waals surface area contributed by atoms with Gasteiger partial charge in [-0.2, -0.15) is 9.40 Å². The van der Waals surface area contributed by atoms with Crippen LogP contribution >= 0.6 is 0 Å². The Morgan fingerprint density at radius 1 is 1.12 bits per heavy atom. The normalized spacial score (nSPS) is 16.8. The highest BCUT2D eigenvalue weighted by Gasteiger charge is 2.32. The lowest BCUT2D eigenvalue weighted by Crippen LogP contribution is -2.37. The molecule has 0 radical (unpaired) electrons. The van der Waals surface area contributed by atoms with Crippen molar-refractivity contribution < 1.29 is 13.2 Å². The molecule has 134 valence electrons. The van der Waals surface area contributed by atoms with E-state index in [1.54, 1.807) is 36.6 Å². The van der Waals surface area contributed by atoms with E-state index in [4.69, 9.17) is 0 Å². The molecular formula is C16H26N4O3S. The molecule has 0 unspecified atom stereocenters. The molecule has 2 rings (SSSR count). The van der Waals surface area contributed by atoms with Crippen molar-refractivity contribution in [2.45, 2.75) is 39.0 Å². The second-order valence-corrected chi connectivity index (χ2v) is 8.30. The van der Waals surface area contributed by atoms with Crippen molar-refractivity contribution in [2.24, 2.45) is 7.05 Å². The number of hydrogen-bond donors (Lipinski definition) is 0. The molecule has 0 spiro atoms. The molecular weight excluding hydrogens is 328 g/mol. The quantitative estimate of drug-likeness (QED) is 0.765. The van der Waals surface area contributed by atoms with E-state index in [2.05, 4.69) is 5.10 Å². The third-order valence-electron chi connectivity index (χ3n) is 4.22. The van der Waals surface area contributed by atoms with Gasteiger partial charge in [0.1, 0.15) is 4.90 Å². The van der Waals surface area contributed by atoms with E-state index >= 15 is 0 Å². The number of carbonyl (C=O) groups is 1. The summed E-state index contributed by atoms with van der Waals surface area (Å²) in [5.41, 5.74) is 2.08. The average molecular weight is 354 g/mol. The zero-order valence-corrected chi connectivity index (χ0v) is 15.9. The lowest BCUT2D eigenvalue weighted by Gasteiger charge is -2.21. The van der Waals surface area contributed by atoms with Gasteiger partial charge in [0.25, 0.3) is 0 Å². The third-order valence-corrected chi connectivity index (χ3v) is 6.37. The fourth-order valence-electron chi connectivity index (χ4n) is 2.95. The van der Waals surface area contributed by atoms with Gasteiger partial charge in [-0.3, -0.25) is 9.48 Å². The Hall–Kier alpha value is -1.67. The Balaban J connectivity index is 2.22. The van der Waals surface area contributed by atoms with Crippen LogP contribution < -0.4 is 0 Å². The molecule has 1 aliphatic rings. The number of rotatable bonds is 3. The highest BCUT2D eigenvalue weighted by atomic mass is 32.2. The minimum atomic E-state index is -3.60. The molecule has 0 aliphatic carbocycles. The number of hydrogen-bond acceptors (Lipinski definition) is 4. The Morgan fingerprint density at radius 3 is 2.33 bits per heavy atom. The van der Waals surface area contributed by atoms with Crippen molar-refractivity contribution in [3.05, 3.63) is 23.0 Å². The van der Waals surface area contributed by atoms with E-state index in [-0.39, 0.29) is 10.8 Å². The molecule has 0 saturated carbocycles. The van der Waals surface area contributed by atoms with Gasteiger partial charge in [0.05, 0.1) is 11.4 Å². The number of nitrogens with zero attached hydrogens (tertiary/aromatic N) is 4. The van der Waals surface area contributed by atoms with Crippen molar-refractivity contribution >= 4 is 15.9 Å². The van der Waals surface area contributed by atoms with Crippen LogP contribution in [0.4, 0.5) is 0 Å². The summed E-state index contributed by atoms with van der Waals surface area (Å²) in [5.74, 6) is -0.0528. The number of allylic oxidation sites excluding steroid dienone is 1. The summed E-state index contributed by atoms with van der Waals surface area (Å²) in [6, 6.07) is 0. The maximum atomic E-state index is 13.0. The van der Waals surface area contributed by atoms with Crippen LogP contribution in [-0.2, 0) is 21.9 Å². The van der Waals surface area contributed by atoms with Crippen LogP contribution in [0.2, 0.25) is 0 Å². The van der Waals surface area contributed by atoms with Crippen LogP contribution in [0.5, 0.6) is 0 Å². The monoisotopic (exact) mass is 354 g/mol. The zero-order chi connectivity index (χ0) is 18.1. The van der Waals surface area contributed by atoms with E-state index in [1.165, 1.54) is 4.31 Å². The Bertz CT molecular complexity index is 761. The smallest absolute Gasteiger partial charge is 0.246 e. The first-order chi connectivity index (χ1) is 11.1. The summed E-state index contributed by atoms with van der Waals surface area (Å²) < 4.78 is 29.1. The SMILES string of the molecule is CC(C)=CC(=O)N1CCCN(S(=O)(=O)c2c(C)nn(C)c2C)CC1. The van der Waals surface area contributed by atoms with E-state index < -0.39 is 10.0 Å². The standard InChI is InChI=1S/C16H26N4O3S/c1-12(2)11-15(21)19-7-6-8-20(10-9-19)24(22,23)16-13(3)17-18(5)14(16)4/h11H,6-10H2,1-5H3. The van der Waals surface area contributed by atoms with Crippen molar-refractivity contribution in [3.63, 3.8) is 0 Å². The van der Waals surface area contributed by atoms with Gasteiger partial charge in [0, 0.05) is 39.3 Å². The first-order valence-electron chi connectivity index (χ1n) is 8.08. The fraction of sp³-hybridized carbons (Fsp3) is 0.625. The minimum Gasteiger partial charge on any atom is -0.338 e. The number of aromatic nitrogens is 2. The Morgan fingerprint density at radius 2 is 1.79 bits per heavy atom. The van der Waals surface area contributed by atoms with E-state index in [0.717, 1.165) is 5.57 Å². The van der Waals surface area contributed by atoms with Gasteiger partial charge in [-0.25, -0.2) is 8.42 Å². The Labute approximate surface area is 144 Å². The second kappa shape index (κ2) is 7.06. The molecule has 24 heavy (non-hydrogen) atoms. The predicted molar refractivity (Wildman–Crippen MR) is 92.1 cm³/mol. The van der Waals surface area contributed by atoms with Gasteiger partial charge in [0.2, 0.25) is 15.9 Å². The summed E-state index contributed by atoms with van der Waals surface area (Å²) in [6.07, 6.45) is 2.22. The number of amides is 1. The van der Waals surface area contributed by atoms with Gasteiger partial charge in [-0.15, -0.1) is 0 Å². The zero-order valence-electron chi connectivity index (χ0n) is 15.0. The maximum absolute atomic E-state index is 13.0. The summed E-state index contributed by atoms with van der Waals surface area (Å²) in [6.45, 7) is 8.91. The lowest BCUT2D eigenvalue weighted by atomic mass is 10.3. The van der Waals surface area contributed by atoms with Gasteiger partial charge in [0.15, 0.2) is 0 Å². The average Bonchev–Trinajstić information content (AvgIpc) is 2.67. The highest BCUT2D eigenvalue weighted by Crippen LogP contribution is 2.24. The van der Waals surface area contributed by atoms with E-state index in [1.807, 2.05) is 13.8 Å². The first-order valence-corrected chi connectivity index (χ1v) is 9.52. The fourth-order valence-corrected chi connectivity index (χ4v) is 4.82. The first kappa shape index (κ1) is 18.7. The minimum absolute atomic E-state index is 0.0528. The molecule has 0 aromatic carbocycles. The van der Waals surface area contributed by atoms with Gasteiger partial charge >= 0.3 is 0 Å². The lowest BCUT2D eigenvalue weighted by molar-refractivity contribution is -0.125. The molecule has 1 aromatic rings. The molecule has 0 bridgehead atoms. The number of sulfonamides is 1. The molecule has 1 fully saturated rings. The summed E-state index contributed by atoms with van der Waals surface area (Å²) >= 11 is 0. The van der Waals surface area contributed by atoms with Crippen molar-refractivity contribution in [1.82, 2.24) is 19.0 Å². The molecule has 7 nitrogen and oxygen atoms in total. The van der Waals surface area contributed by atoms with Crippen molar-refractivity contribution in [3.8, 4) is 0 Å². The molecule has 1 aliphatic heterocycles. The molecule has 0 N–H and O–H groups in total. The molecule has 1 amide bonds. The van der Waals surface area contributed by atoms with Gasteiger partial charge < -0.3 is 4.90 Å². The van der Waals surface area contributed by atoms with E-state index in [0.29, 0.717) is 44.0 Å². The second-order valence-electron chi connectivity index (χ2n) is 6.43. The molecule has 1 aromatic heterocycles. The van der Waals surface area contributed by atoms with Crippen LogP contribution in [0.1, 0.15) is 31.7 Å². The molecule has 1 saturated heterocycles. The number of carbonyl (C=O) groups excluding carboxylic acids is 1. The topological polar surface area (TPSA) is 75.5 Å². The maximum Gasteiger partial charge on any atom is 0.246 e. The molecule has 2 heterocycles. The van der Waals surface area contributed by atoms with Crippen LogP contribution in [-0.4, -0.2) is 59.5 Å². The summed E-state index contributed by atoms with van der Waals surface area (Å²) in [4.78, 5) is 14.2. The van der Waals surface area contributed by atoms with Crippen molar-refractivity contribution in [2.75, 3.05) is 26.2 Å². The summed E-state index contributed by atoms with van der Waals surface area (Å²) in [5, 5.41) is 4.21. The van der Waals surface area contributed by atoms with Crippen LogP contribution in [0, 0.1) is 13.8 Å². The molecule has 8 heteroatoms. The van der Waals surface area contributed by atoms with Crippen LogP contribution in [0.25, 0.3) is 0 Å². The van der Waals surface area contributed by atoms with E-state index in [9.17, 15) is 13.2 Å². The summed E-state index contributed by atoms with van der Waals surface area (Å²) in [7, 11) is -1.86. The largest absolute Gasteiger partial charge is 0.338 e. The number of aryl methyl sites for hydroxylation is 2. The van der Waals surface area contributed by atoms with Gasteiger partial charge in [-0.05, 0) is 34.1 Å². The highest BCUT2D eigenvalue weighted by molar-refractivity contribution is 7.89. The van der Waals surface area contributed by atoms with Crippen LogP contribution in [0.3, 0.4) is 0 Å². The van der Waals surface area contributed by atoms with Crippen LogP contribution in [0.15, 0.2) is 16.5 Å². The molecule has 0 atom stereocenters. The van der Waals surface area contributed by atoms with Gasteiger partial charge in [-0.1, -0.05) is 5.57 Å². The predicted octanol–water partition coefficient (Wildman–Crippen LogP) is 1.23.